The van der Waals surface area contributed by atoms with Crippen LogP contribution in [0.5, 0.6) is 17.2 Å². The van der Waals surface area contributed by atoms with Crippen molar-refractivity contribution >= 4 is 5.91 Å². The van der Waals surface area contributed by atoms with E-state index >= 15 is 0 Å². The molecule has 2 atom stereocenters. The van der Waals surface area contributed by atoms with Crippen molar-refractivity contribution in [1.29, 1.82) is 0 Å². The van der Waals surface area contributed by atoms with Gasteiger partial charge in [-0.15, -0.1) is 0 Å². The number of rotatable bonds is 6. The summed E-state index contributed by atoms with van der Waals surface area (Å²) in [6, 6.07) is 21.0. The summed E-state index contributed by atoms with van der Waals surface area (Å²) in [4.78, 5) is 12.6. The van der Waals surface area contributed by atoms with Gasteiger partial charge >= 0.3 is 0 Å². The number of nitrogens with one attached hydrogen (secondary N) is 1. The van der Waals surface area contributed by atoms with Gasteiger partial charge in [0.2, 0.25) is 6.10 Å². The van der Waals surface area contributed by atoms with Crippen LogP contribution < -0.4 is 19.5 Å². The Balaban J connectivity index is 1.29. The molecule has 1 N–H and O–H groups in total. The molecule has 1 amide bonds. The second-order valence-corrected chi connectivity index (χ2v) is 7.09. The number of hydrogen-bond acceptors (Lipinski definition) is 4. The molecule has 154 valence electrons. The molecule has 3 aromatic rings. The summed E-state index contributed by atoms with van der Waals surface area (Å²) >= 11 is 0. The van der Waals surface area contributed by atoms with Gasteiger partial charge < -0.3 is 19.5 Å². The second kappa shape index (κ2) is 8.86. The zero-order valence-corrected chi connectivity index (χ0v) is 16.5. The summed E-state index contributed by atoms with van der Waals surface area (Å²) in [6.07, 6.45) is -1.10. The highest BCUT2D eigenvalue weighted by atomic mass is 19.1. The van der Waals surface area contributed by atoms with E-state index in [1.807, 2.05) is 55.5 Å². The minimum Gasteiger partial charge on any atom is -0.489 e. The quantitative estimate of drug-likeness (QED) is 0.664. The lowest BCUT2D eigenvalue weighted by Crippen LogP contribution is -2.48. The van der Waals surface area contributed by atoms with E-state index < -0.39 is 12.2 Å². The number of hydrogen-bond donors (Lipinski definition) is 1. The molecule has 1 aliphatic rings. The average molecular weight is 407 g/mol. The predicted octanol–water partition coefficient (Wildman–Crippen LogP) is 4.25. The standard InChI is InChI=1S/C24H22FNO4/c1-16-23(30-22-8-3-2-7-21(22)29-16)24(27)26-14-17-9-11-20(12-10-17)28-15-18-5-4-6-19(25)13-18/h2-13,16,23H,14-15H2,1H3,(H,26,27). The summed E-state index contributed by atoms with van der Waals surface area (Å²) in [7, 11) is 0. The van der Waals surface area contributed by atoms with Gasteiger partial charge in [0.1, 0.15) is 24.3 Å². The van der Waals surface area contributed by atoms with Gasteiger partial charge in [0.05, 0.1) is 0 Å². The molecule has 0 radical (unpaired) electrons. The van der Waals surface area contributed by atoms with Gasteiger partial charge in [0.15, 0.2) is 11.5 Å². The maximum absolute atomic E-state index is 13.2. The van der Waals surface area contributed by atoms with Crippen molar-refractivity contribution in [2.24, 2.45) is 0 Å². The predicted molar refractivity (Wildman–Crippen MR) is 110 cm³/mol. The third-order valence-corrected chi connectivity index (χ3v) is 4.79. The Bertz CT molecular complexity index is 1020. The fourth-order valence-corrected chi connectivity index (χ4v) is 3.19. The van der Waals surface area contributed by atoms with E-state index in [0.717, 1.165) is 11.1 Å². The maximum atomic E-state index is 13.2. The number of ether oxygens (including phenoxy) is 3. The van der Waals surface area contributed by atoms with Crippen LogP contribution in [0.25, 0.3) is 0 Å². The van der Waals surface area contributed by atoms with Gasteiger partial charge in [-0.2, -0.15) is 0 Å². The van der Waals surface area contributed by atoms with E-state index in [1.54, 1.807) is 12.1 Å². The van der Waals surface area contributed by atoms with Crippen LogP contribution in [0.1, 0.15) is 18.1 Å². The Kier molecular flexibility index (Phi) is 5.84. The van der Waals surface area contributed by atoms with Crippen molar-refractivity contribution in [3.8, 4) is 17.2 Å². The molecule has 0 fully saturated rings. The molecule has 0 aliphatic carbocycles. The largest absolute Gasteiger partial charge is 0.489 e. The average Bonchev–Trinajstić information content (AvgIpc) is 2.76. The Morgan fingerprint density at radius 2 is 1.70 bits per heavy atom. The van der Waals surface area contributed by atoms with Gasteiger partial charge in [-0.05, 0) is 54.4 Å². The molecule has 4 rings (SSSR count). The van der Waals surface area contributed by atoms with Crippen molar-refractivity contribution in [2.75, 3.05) is 0 Å². The van der Waals surface area contributed by atoms with E-state index in [9.17, 15) is 9.18 Å². The highest BCUT2D eigenvalue weighted by Crippen LogP contribution is 2.33. The second-order valence-electron chi connectivity index (χ2n) is 7.09. The van der Waals surface area contributed by atoms with E-state index in [4.69, 9.17) is 14.2 Å². The molecule has 30 heavy (non-hydrogen) atoms. The molecular weight excluding hydrogens is 385 g/mol. The molecule has 0 spiro atoms. The minimum absolute atomic E-state index is 0.233. The van der Waals surface area contributed by atoms with E-state index in [2.05, 4.69) is 5.32 Å². The van der Waals surface area contributed by atoms with Gasteiger partial charge in [-0.25, -0.2) is 4.39 Å². The Morgan fingerprint density at radius 3 is 2.43 bits per heavy atom. The lowest BCUT2D eigenvalue weighted by atomic mass is 10.1. The van der Waals surface area contributed by atoms with Crippen LogP contribution in [0.4, 0.5) is 4.39 Å². The van der Waals surface area contributed by atoms with Gasteiger partial charge in [0, 0.05) is 6.54 Å². The third-order valence-electron chi connectivity index (χ3n) is 4.79. The number of carbonyl (C=O) groups is 1. The van der Waals surface area contributed by atoms with Crippen LogP contribution in [-0.4, -0.2) is 18.1 Å². The normalized spacial score (nSPS) is 17.3. The summed E-state index contributed by atoms with van der Waals surface area (Å²) in [5, 5.41) is 2.89. The minimum atomic E-state index is -0.714. The zero-order valence-electron chi connectivity index (χ0n) is 16.5. The SMILES string of the molecule is CC1Oc2ccccc2OC1C(=O)NCc1ccc(OCc2cccc(F)c2)cc1. The highest BCUT2D eigenvalue weighted by Gasteiger charge is 2.33. The number of amides is 1. The topological polar surface area (TPSA) is 56.8 Å². The first-order chi connectivity index (χ1) is 14.6. The van der Waals surface area contributed by atoms with Crippen LogP contribution in [0.3, 0.4) is 0 Å². The lowest BCUT2D eigenvalue weighted by Gasteiger charge is -2.31. The molecular formula is C24H22FNO4. The first-order valence-corrected chi connectivity index (χ1v) is 9.75. The molecule has 1 heterocycles. The van der Waals surface area contributed by atoms with Gasteiger partial charge in [-0.1, -0.05) is 36.4 Å². The molecule has 2 unspecified atom stereocenters. The molecule has 0 bridgehead atoms. The van der Waals surface area contributed by atoms with Crippen LogP contribution in [-0.2, 0) is 17.9 Å². The fraction of sp³-hybridized carbons (Fsp3) is 0.208. The Labute approximate surface area is 174 Å². The summed E-state index contributed by atoms with van der Waals surface area (Å²) in [5.74, 6) is 1.36. The highest BCUT2D eigenvalue weighted by molar-refractivity contribution is 5.82. The smallest absolute Gasteiger partial charge is 0.265 e. The van der Waals surface area contributed by atoms with E-state index in [0.29, 0.717) is 23.8 Å². The molecule has 0 aromatic heterocycles. The first-order valence-electron chi connectivity index (χ1n) is 9.75. The summed E-state index contributed by atoms with van der Waals surface area (Å²) < 4.78 is 30.5. The van der Waals surface area contributed by atoms with Crippen LogP contribution >= 0.6 is 0 Å². The first kappa shape index (κ1) is 19.8. The van der Waals surface area contributed by atoms with Gasteiger partial charge in [0.25, 0.3) is 5.91 Å². The monoisotopic (exact) mass is 407 g/mol. The van der Waals surface area contributed by atoms with Crippen molar-refractivity contribution in [3.63, 3.8) is 0 Å². The van der Waals surface area contributed by atoms with Crippen molar-refractivity contribution in [1.82, 2.24) is 5.32 Å². The number of benzene rings is 3. The molecule has 1 aliphatic heterocycles. The van der Waals surface area contributed by atoms with Gasteiger partial charge in [-0.3, -0.25) is 4.79 Å². The lowest BCUT2D eigenvalue weighted by molar-refractivity contribution is -0.133. The van der Waals surface area contributed by atoms with Crippen molar-refractivity contribution < 1.29 is 23.4 Å². The van der Waals surface area contributed by atoms with Crippen molar-refractivity contribution in [3.05, 3.63) is 89.7 Å². The number of fused-ring (bicyclic) bond motifs is 1. The maximum Gasteiger partial charge on any atom is 0.265 e. The molecule has 6 heteroatoms. The Morgan fingerprint density at radius 1 is 0.967 bits per heavy atom. The number of halogens is 1. The van der Waals surface area contributed by atoms with E-state index in [-0.39, 0.29) is 18.3 Å². The summed E-state index contributed by atoms with van der Waals surface area (Å²) in [5.41, 5.74) is 1.68. The fourth-order valence-electron chi connectivity index (χ4n) is 3.19. The molecule has 5 nitrogen and oxygen atoms in total. The van der Waals surface area contributed by atoms with Crippen molar-refractivity contribution in [2.45, 2.75) is 32.3 Å². The third kappa shape index (κ3) is 4.71. The zero-order chi connectivity index (χ0) is 20.9. The Hall–Kier alpha value is -3.54. The number of carbonyl (C=O) groups excluding carboxylic acids is 1. The molecule has 0 saturated carbocycles. The summed E-state index contributed by atoms with van der Waals surface area (Å²) in [6.45, 7) is 2.45. The van der Waals surface area contributed by atoms with Crippen LogP contribution in [0.2, 0.25) is 0 Å². The van der Waals surface area contributed by atoms with Crippen LogP contribution in [0, 0.1) is 5.82 Å². The molecule has 3 aromatic carbocycles. The number of para-hydroxylation sites is 2. The van der Waals surface area contributed by atoms with E-state index in [1.165, 1.54) is 12.1 Å². The van der Waals surface area contributed by atoms with Crippen LogP contribution in [0.15, 0.2) is 72.8 Å². The molecule has 0 saturated heterocycles.